The SMILES string of the molecule is CC(C)N1CC[C@@H](n2ccc(=O)[nH]c2=O)[C@](C)(O)C1. The number of nitrogens with one attached hydrogen (secondary N) is 1. The van der Waals surface area contributed by atoms with Crippen molar-refractivity contribution in [1.82, 2.24) is 14.5 Å². The van der Waals surface area contributed by atoms with Crippen LogP contribution in [0, 0.1) is 0 Å². The molecule has 1 fully saturated rings. The van der Waals surface area contributed by atoms with E-state index in [1.165, 1.54) is 16.8 Å². The van der Waals surface area contributed by atoms with Crippen LogP contribution in [0.3, 0.4) is 0 Å². The van der Waals surface area contributed by atoms with Crippen molar-refractivity contribution < 1.29 is 5.11 Å². The number of nitrogens with zero attached hydrogens (tertiary/aromatic N) is 2. The fourth-order valence-corrected chi connectivity index (χ4v) is 2.75. The van der Waals surface area contributed by atoms with Crippen LogP contribution in [-0.4, -0.2) is 44.3 Å². The van der Waals surface area contributed by atoms with Crippen molar-refractivity contribution in [2.75, 3.05) is 13.1 Å². The third-order valence-corrected chi connectivity index (χ3v) is 3.85. The highest BCUT2D eigenvalue weighted by Gasteiger charge is 2.40. The maximum Gasteiger partial charge on any atom is 0.328 e. The third kappa shape index (κ3) is 2.79. The summed E-state index contributed by atoms with van der Waals surface area (Å²) in [6, 6.07) is 1.36. The highest BCUT2D eigenvalue weighted by molar-refractivity contribution is 4.98. The van der Waals surface area contributed by atoms with Gasteiger partial charge in [0.1, 0.15) is 0 Å². The van der Waals surface area contributed by atoms with Crippen molar-refractivity contribution in [2.45, 2.75) is 44.9 Å². The van der Waals surface area contributed by atoms with E-state index in [4.69, 9.17) is 0 Å². The van der Waals surface area contributed by atoms with Gasteiger partial charge in [-0.25, -0.2) is 4.79 Å². The van der Waals surface area contributed by atoms with Gasteiger partial charge >= 0.3 is 5.69 Å². The molecule has 0 spiro atoms. The summed E-state index contributed by atoms with van der Waals surface area (Å²) in [6.07, 6.45) is 2.14. The number of rotatable bonds is 2. The summed E-state index contributed by atoms with van der Waals surface area (Å²) in [6.45, 7) is 7.25. The van der Waals surface area contributed by atoms with Crippen LogP contribution in [0.25, 0.3) is 0 Å². The molecule has 1 aliphatic heterocycles. The van der Waals surface area contributed by atoms with Gasteiger partial charge < -0.3 is 5.11 Å². The molecule has 1 aromatic heterocycles. The van der Waals surface area contributed by atoms with Crippen LogP contribution in [0.15, 0.2) is 21.9 Å². The number of β-amino-alcohol motifs (C(OH)–C–C–N with tert-alkyl or cyclic N) is 1. The minimum absolute atomic E-state index is 0.313. The molecule has 0 radical (unpaired) electrons. The molecule has 0 aromatic carbocycles. The van der Waals surface area contributed by atoms with E-state index >= 15 is 0 Å². The minimum Gasteiger partial charge on any atom is -0.387 e. The summed E-state index contributed by atoms with van der Waals surface area (Å²) in [4.78, 5) is 27.3. The number of H-pyrrole nitrogens is 1. The Labute approximate surface area is 111 Å². The number of piperidine rings is 1. The zero-order valence-corrected chi connectivity index (χ0v) is 11.6. The number of hydrogen-bond donors (Lipinski definition) is 2. The van der Waals surface area contributed by atoms with Gasteiger partial charge in [-0.2, -0.15) is 0 Å². The second kappa shape index (κ2) is 4.94. The molecule has 2 atom stereocenters. The first-order valence-corrected chi connectivity index (χ1v) is 6.59. The number of aromatic amines is 1. The summed E-state index contributed by atoms with van der Waals surface area (Å²) < 4.78 is 1.43. The van der Waals surface area contributed by atoms with Crippen molar-refractivity contribution in [3.05, 3.63) is 33.1 Å². The highest BCUT2D eigenvalue weighted by atomic mass is 16.3. The predicted molar refractivity (Wildman–Crippen MR) is 72.3 cm³/mol. The molecule has 0 unspecified atom stereocenters. The van der Waals surface area contributed by atoms with E-state index < -0.39 is 16.9 Å². The van der Waals surface area contributed by atoms with Gasteiger partial charge in [0.15, 0.2) is 0 Å². The summed E-state index contributed by atoms with van der Waals surface area (Å²) in [5, 5.41) is 10.6. The Morgan fingerprint density at radius 3 is 2.68 bits per heavy atom. The van der Waals surface area contributed by atoms with Gasteiger partial charge in [0.2, 0.25) is 0 Å². The molecular weight excluding hydrogens is 246 g/mol. The Balaban J connectivity index is 2.31. The van der Waals surface area contributed by atoms with E-state index in [9.17, 15) is 14.7 Å². The Kier molecular flexibility index (Phi) is 3.64. The van der Waals surface area contributed by atoms with Gasteiger partial charge in [-0.15, -0.1) is 0 Å². The zero-order valence-electron chi connectivity index (χ0n) is 11.6. The molecule has 6 nitrogen and oxygen atoms in total. The first kappa shape index (κ1) is 14.0. The molecule has 19 heavy (non-hydrogen) atoms. The van der Waals surface area contributed by atoms with Gasteiger partial charge in [-0.3, -0.25) is 19.2 Å². The zero-order chi connectivity index (χ0) is 14.2. The highest BCUT2D eigenvalue weighted by Crippen LogP contribution is 2.31. The first-order chi connectivity index (χ1) is 8.81. The van der Waals surface area contributed by atoms with Crippen molar-refractivity contribution >= 4 is 0 Å². The van der Waals surface area contributed by atoms with E-state index in [1.54, 1.807) is 6.92 Å². The van der Waals surface area contributed by atoms with E-state index in [2.05, 4.69) is 23.7 Å². The average molecular weight is 267 g/mol. The molecule has 106 valence electrons. The molecule has 0 bridgehead atoms. The maximum absolute atomic E-state index is 11.8. The lowest BCUT2D eigenvalue weighted by Crippen LogP contribution is -2.56. The van der Waals surface area contributed by atoms with Gasteiger partial charge in [0.05, 0.1) is 11.6 Å². The molecule has 1 aliphatic rings. The molecule has 1 aromatic rings. The molecule has 2 N–H and O–H groups in total. The quantitative estimate of drug-likeness (QED) is 0.787. The Bertz CT molecular complexity index is 559. The minimum atomic E-state index is -0.995. The second-order valence-electron chi connectivity index (χ2n) is 5.74. The topological polar surface area (TPSA) is 78.3 Å². The van der Waals surface area contributed by atoms with Crippen LogP contribution in [-0.2, 0) is 0 Å². The molecule has 0 amide bonds. The lowest BCUT2D eigenvalue weighted by Gasteiger charge is -2.44. The van der Waals surface area contributed by atoms with Crippen LogP contribution in [0.1, 0.15) is 33.2 Å². The lowest BCUT2D eigenvalue weighted by molar-refractivity contribution is -0.0658. The number of likely N-dealkylation sites (tertiary alicyclic amines) is 1. The van der Waals surface area contributed by atoms with Crippen LogP contribution in [0.2, 0.25) is 0 Å². The fourth-order valence-electron chi connectivity index (χ4n) is 2.75. The van der Waals surface area contributed by atoms with Crippen molar-refractivity contribution in [2.24, 2.45) is 0 Å². The van der Waals surface area contributed by atoms with Gasteiger partial charge in [0, 0.05) is 31.4 Å². The number of aromatic nitrogens is 2. The van der Waals surface area contributed by atoms with Gasteiger partial charge in [-0.1, -0.05) is 0 Å². The Morgan fingerprint density at radius 2 is 2.16 bits per heavy atom. The van der Waals surface area contributed by atoms with E-state index in [-0.39, 0.29) is 6.04 Å². The van der Waals surface area contributed by atoms with E-state index in [1.807, 2.05) is 0 Å². The van der Waals surface area contributed by atoms with Crippen LogP contribution < -0.4 is 11.2 Å². The van der Waals surface area contributed by atoms with E-state index in [0.29, 0.717) is 19.0 Å². The average Bonchev–Trinajstić information content (AvgIpc) is 2.29. The summed E-state index contributed by atoms with van der Waals surface area (Å²) in [5.41, 5.74) is -1.87. The smallest absolute Gasteiger partial charge is 0.328 e. The molecule has 2 heterocycles. The first-order valence-electron chi connectivity index (χ1n) is 6.59. The Morgan fingerprint density at radius 1 is 1.47 bits per heavy atom. The van der Waals surface area contributed by atoms with Crippen molar-refractivity contribution in [3.8, 4) is 0 Å². The van der Waals surface area contributed by atoms with Crippen LogP contribution in [0.4, 0.5) is 0 Å². The van der Waals surface area contributed by atoms with Crippen LogP contribution in [0.5, 0.6) is 0 Å². The molecule has 0 saturated carbocycles. The summed E-state index contributed by atoms with van der Waals surface area (Å²) in [7, 11) is 0. The van der Waals surface area contributed by atoms with Gasteiger partial charge in [-0.05, 0) is 27.2 Å². The van der Waals surface area contributed by atoms with E-state index in [0.717, 1.165) is 6.54 Å². The van der Waals surface area contributed by atoms with Crippen molar-refractivity contribution in [3.63, 3.8) is 0 Å². The normalized spacial score (nSPS) is 28.8. The van der Waals surface area contributed by atoms with Gasteiger partial charge in [0.25, 0.3) is 5.56 Å². The predicted octanol–water partition coefficient (Wildman–Crippen LogP) is -0.0572. The molecule has 6 heteroatoms. The second-order valence-corrected chi connectivity index (χ2v) is 5.74. The Hall–Kier alpha value is -1.40. The van der Waals surface area contributed by atoms with Crippen LogP contribution >= 0.6 is 0 Å². The molecule has 2 rings (SSSR count). The standard InChI is InChI=1S/C13H21N3O3/c1-9(2)15-6-4-10(13(3,19)8-15)16-7-5-11(17)14-12(16)18/h5,7,9-10,19H,4,6,8H2,1-3H3,(H,14,17,18)/t10-,13-/m1/s1. The summed E-state index contributed by atoms with van der Waals surface area (Å²) >= 11 is 0. The maximum atomic E-state index is 11.8. The molecule has 1 saturated heterocycles. The third-order valence-electron chi connectivity index (χ3n) is 3.85. The molecular formula is C13H21N3O3. The number of hydrogen-bond acceptors (Lipinski definition) is 4. The van der Waals surface area contributed by atoms with Crippen molar-refractivity contribution in [1.29, 1.82) is 0 Å². The monoisotopic (exact) mass is 267 g/mol. The summed E-state index contributed by atoms with van der Waals surface area (Å²) in [5.74, 6) is 0. The largest absolute Gasteiger partial charge is 0.387 e. The fraction of sp³-hybridized carbons (Fsp3) is 0.692. The molecule has 0 aliphatic carbocycles. The number of aliphatic hydroxyl groups is 1. The lowest BCUT2D eigenvalue weighted by atomic mass is 9.88.